The molecule has 0 saturated carbocycles. The molecule has 1 atom stereocenters. The molecule has 1 heterocycles. The van der Waals surface area contributed by atoms with Gasteiger partial charge in [0.05, 0.1) is 0 Å². The number of carbonyl (C=O) groups excluding carboxylic acids is 1. The molecule has 0 radical (unpaired) electrons. The molecule has 98 valence electrons. The van der Waals surface area contributed by atoms with Gasteiger partial charge < -0.3 is 15.2 Å². The van der Waals surface area contributed by atoms with Gasteiger partial charge in [0.15, 0.2) is 0 Å². The molecule has 0 fully saturated rings. The summed E-state index contributed by atoms with van der Waals surface area (Å²) in [5.41, 5.74) is -0.0497. The summed E-state index contributed by atoms with van der Waals surface area (Å²) in [5, 5.41) is 11.5. The Morgan fingerprint density at radius 2 is 2.11 bits per heavy atom. The van der Waals surface area contributed by atoms with Gasteiger partial charge in [-0.3, -0.25) is 4.79 Å². The molecule has 0 aromatic carbocycles. The summed E-state index contributed by atoms with van der Waals surface area (Å²) in [6, 6.07) is 4.25. The average molecular weight is 252 g/mol. The van der Waals surface area contributed by atoms with Gasteiger partial charge in [0, 0.05) is 19.8 Å². The van der Waals surface area contributed by atoms with Gasteiger partial charge in [-0.15, -0.1) is 0 Å². The van der Waals surface area contributed by atoms with Crippen molar-refractivity contribution in [2.75, 3.05) is 13.7 Å². The highest BCUT2D eigenvalue weighted by atomic mass is 16.5. The fourth-order valence-corrected chi connectivity index (χ4v) is 1.34. The number of aromatic nitrogens is 1. The third-order valence-electron chi connectivity index (χ3n) is 2.33. The smallest absolute Gasteiger partial charge is 0.354 e. The first kappa shape index (κ1) is 14.1. The Morgan fingerprint density at radius 1 is 1.44 bits per heavy atom. The van der Waals surface area contributed by atoms with E-state index < -0.39 is 5.97 Å². The number of carboxylic acid groups (broad SMARTS) is 1. The van der Waals surface area contributed by atoms with Crippen LogP contribution in [0.5, 0.6) is 0 Å². The van der Waals surface area contributed by atoms with Crippen LogP contribution in [0.1, 0.15) is 34.3 Å². The first-order chi connectivity index (χ1) is 8.54. The molecular weight excluding hydrogens is 236 g/mol. The van der Waals surface area contributed by atoms with Crippen LogP contribution in [0.15, 0.2) is 18.2 Å². The highest BCUT2D eigenvalue weighted by Crippen LogP contribution is 2.01. The predicted octanol–water partition coefficient (Wildman–Crippen LogP) is 0.935. The first-order valence-electron chi connectivity index (χ1n) is 5.54. The van der Waals surface area contributed by atoms with Crippen molar-refractivity contribution in [1.82, 2.24) is 10.3 Å². The van der Waals surface area contributed by atoms with E-state index in [9.17, 15) is 9.59 Å². The van der Waals surface area contributed by atoms with Gasteiger partial charge in [0.2, 0.25) is 0 Å². The molecule has 2 N–H and O–H groups in total. The number of nitrogens with zero attached hydrogens (tertiary/aromatic N) is 1. The number of nitrogens with one attached hydrogen (secondary N) is 1. The summed E-state index contributed by atoms with van der Waals surface area (Å²) >= 11 is 0. The number of aromatic carboxylic acids is 1. The monoisotopic (exact) mass is 252 g/mol. The van der Waals surface area contributed by atoms with Gasteiger partial charge in [0.25, 0.3) is 5.91 Å². The second-order valence-electron chi connectivity index (χ2n) is 3.87. The summed E-state index contributed by atoms with van der Waals surface area (Å²) in [5.74, 6) is -1.54. The molecule has 1 aromatic heterocycles. The highest BCUT2D eigenvalue weighted by molar-refractivity contribution is 5.94. The van der Waals surface area contributed by atoms with Crippen molar-refractivity contribution in [3.63, 3.8) is 0 Å². The highest BCUT2D eigenvalue weighted by Gasteiger charge is 2.13. The Morgan fingerprint density at radius 3 is 2.72 bits per heavy atom. The maximum absolute atomic E-state index is 11.8. The Kier molecular flexibility index (Phi) is 5.26. The predicted molar refractivity (Wildman–Crippen MR) is 64.6 cm³/mol. The van der Waals surface area contributed by atoms with Crippen LogP contribution in [0, 0.1) is 0 Å². The summed E-state index contributed by atoms with van der Waals surface area (Å²) < 4.78 is 4.91. The normalized spacial score (nSPS) is 11.9. The summed E-state index contributed by atoms with van der Waals surface area (Å²) in [6.07, 6.45) is 0.681. The van der Waals surface area contributed by atoms with Crippen molar-refractivity contribution in [3.8, 4) is 0 Å². The summed E-state index contributed by atoms with van der Waals surface area (Å²) in [6.45, 7) is 2.39. The lowest BCUT2D eigenvalue weighted by Crippen LogP contribution is -2.34. The molecular formula is C12H16N2O4. The van der Waals surface area contributed by atoms with Gasteiger partial charge >= 0.3 is 5.97 Å². The van der Waals surface area contributed by atoms with E-state index in [-0.39, 0.29) is 23.3 Å². The van der Waals surface area contributed by atoms with Crippen LogP contribution in [0.2, 0.25) is 0 Å². The molecule has 0 bridgehead atoms. The molecule has 1 unspecified atom stereocenters. The number of rotatable bonds is 6. The number of methoxy groups -OCH3 is 1. The Hall–Kier alpha value is -1.95. The Bertz CT molecular complexity index is 434. The van der Waals surface area contributed by atoms with Gasteiger partial charge in [-0.25, -0.2) is 9.78 Å². The zero-order valence-corrected chi connectivity index (χ0v) is 10.3. The van der Waals surface area contributed by atoms with Gasteiger partial charge in [0.1, 0.15) is 11.4 Å². The molecule has 18 heavy (non-hydrogen) atoms. The number of hydrogen-bond acceptors (Lipinski definition) is 4. The first-order valence-corrected chi connectivity index (χ1v) is 5.54. The van der Waals surface area contributed by atoms with Crippen LogP contribution in [0.3, 0.4) is 0 Å². The molecule has 0 aliphatic heterocycles. The minimum absolute atomic E-state index is 0.0623. The summed E-state index contributed by atoms with van der Waals surface area (Å²) in [7, 11) is 1.59. The molecule has 6 heteroatoms. The van der Waals surface area contributed by atoms with E-state index >= 15 is 0 Å². The topological polar surface area (TPSA) is 88.5 Å². The molecule has 1 rings (SSSR count). The zero-order valence-electron chi connectivity index (χ0n) is 10.3. The summed E-state index contributed by atoms with van der Waals surface area (Å²) in [4.78, 5) is 26.3. The van der Waals surface area contributed by atoms with Crippen molar-refractivity contribution in [2.45, 2.75) is 19.4 Å². The quantitative estimate of drug-likeness (QED) is 0.786. The molecule has 1 aromatic rings. The number of carboxylic acids is 1. The van der Waals surface area contributed by atoms with Crippen LogP contribution in [-0.2, 0) is 4.74 Å². The number of hydrogen-bond donors (Lipinski definition) is 2. The van der Waals surface area contributed by atoms with Crippen molar-refractivity contribution >= 4 is 11.9 Å². The van der Waals surface area contributed by atoms with E-state index in [1.54, 1.807) is 7.11 Å². The maximum atomic E-state index is 11.8. The van der Waals surface area contributed by atoms with E-state index in [2.05, 4.69) is 10.3 Å². The van der Waals surface area contributed by atoms with Crippen molar-refractivity contribution in [1.29, 1.82) is 0 Å². The minimum atomic E-state index is -1.16. The maximum Gasteiger partial charge on any atom is 0.354 e. The molecule has 0 spiro atoms. The van der Waals surface area contributed by atoms with Crippen molar-refractivity contribution in [3.05, 3.63) is 29.6 Å². The van der Waals surface area contributed by atoms with E-state index in [0.717, 1.165) is 0 Å². The molecule has 1 amide bonds. The second-order valence-corrected chi connectivity index (χ2v) is 3.87. The molecule has 6 nitrogen and oxygen atoms in total. The molecule has 0 aliphatic rings. The number of ether oxygens (including phenoxy) is 1. The fourth-order valence-electron chi connectivity index (χ4n) is 1.34. The second kappa shape index (κ2) is 6.70. The minimum Gasteiger partial charge on any atom is -0.477 e. The third kappa shape index (κ3) is 4.14. The van der Waals surface area contributed by atoms with E-state index in [1.165, 1.54) is 18.2 Å². The standard InChI is InChI=1S/C12H16N2O4/c1-8(6-7-18-2)13-11(15)9-4-3-5-10(14-9)12(16)17/h3-5,8H,6-7H2,1-2H3,(H,13,15)(H,16,17). The molecule has 0 saturated heterocycles. The van der Waals surface area contributed by atoms with Crippen LogP contribution >= 0.6 is 0 Å². The van der Waals surface area contributed by atoms with Gasteiger partial charge in [-0.05, 0) is 25.5 Å². The van der Waals surface area contributed by atoms with E-state index in [4.69, 9.17) is 9.84 Å². The van der Waals surface area contributed by atoms with Gasteiger partial charge in [-0.1, -0.05) is 6.07 Å². The Balaban J connectivity index is 2.66. The van der Waals surface area contributed by atoms with Crippen molar-refractivity contribution < 1.29 is 19.4 Å². The SMILES string of the molecule is COCCC(C)NC(=O)c1cccc(C(=O)O)n1. The lowest BCUT2D eigenvalue weighted by atomic mass is 10.2. The fraction of sp³-hybridized carbons (Fsp3) is 0.417. The number of carbonyl (C=O) groups is 2. The van der Waals surface area contributed by atoms with E-state index in [0.29, 0.717) is 13.0 Å². The average Bonchev–Trinajstić information content (AvgIpc) is 2.36. The zero-order chi connectivity index (χ0) is 13.5. The number of amides is 1. The third-order valence-corrected chi connectivity index (χ3v) is 2.33. The lowest BCUT2D eigenvalue weighted by molar-refractivity contribution is 0.0690. The van der Waals surface area contributed by atoms with Crippen LogP contribution < -0.4 is 5.32 Å². The van der Waals surface area contributed by atoms with Gasteiger partial charge in [-0.2, -0.15) is 0 Å². The largest absolute Gasteiger partial charge is 0.477 e. The van der Waals surface area contributed by atoms with Crippen LogP contribution in [-0.4, -0.2) is 41.7 Å². The van der Waals surface area contributed by atoms with E-state index in [1.807, 2.05) is 6.92 Å². The van der Waals surface area contributed by atoms with Crippen molar-refractivity contribution in [2.24, 2.45) is 0 Å². The molecule has 0 aliphatic carbocycles. The van der Waals surface area contributed by atoms with Crippen LogP contribution in [0.4, 0.5) is 0 Å². The van der Waals surface area contributed by atoms with Crippen LogP contribution in [0.25, 0.3) is 0 Å². The Labute approximate surface area is 105 Å². The number of pyridine rings is 1. The lowest BCUT2D eigenvalue weighted by Gasteiger charge is -2.12.